The molecule has 0 bridgehead atoms. The van der Waals surface area contributed by atoms with Crippen molar-refractivity contribution in [2.24, 2.45) is 0 Å². The molecule has 0 aromatic heterocycles. The molecular formula is C30H30F8N4O6. The van der Waals surface area contributed by atoms with Crippen molar-refractivity contribution in [2.45, 2.75) is 36.8 Å². The van der Waals surface area contributed by atoms with Crippen LogP contribution in [0, 0.1) is 0 Å². The maximum atomic E-state index is 14.9. The number of carbonyl (C=O) groups is 2. The fourth-order valence-corrected chi connectivity index (χ4v) is 5.87. The van der Waals surface area contributed by atoms with Crippen LogP contribution < -0.4 is 18.9 Å². The number of rotatable bonds is 9. The Bertz CT molecular complexity index is 1430. The van der Waals surface area contributed by atoms with Gasteiger partial charge in [-0.05, 0) is 35.4 Å². The summed E-state index contributed by atoms with van der Waals surface area (Å²) in [6.07, 6.45) is 0. The van der Waals surface area contributed by atoms with Gasteiger partial charge in [0.1, 0.15) is 0 Å². The molecular weight excluding hydrogens is 664 g/mol. The Morgan fingerprint density at radius 3 is 1.21 bits per heavy atom. The summed E-state index contributed by atoms with van der Waals surface area (Å²) in [4.78, 5) is 28.8. The van der Waals surface area contributed by atoms with Gasteiger partial charge in [-0.25, -0.2) is 0 Å². The molecule has 6 rings (SSSR count). The van der Waals surface area contributed by atoms with Crippen molar-refractivity contribution in [1.29, 1.82) is 0 Å². The van der Waals surface area contributed by atoms with Gasteiger partial charge in [-0.2, -0.15) is 35.1 Å². The van der Waals surface area contributed by atoms with Crippen LogP contribution in [0.5, 0.6) is 23.0 Å². The Labute approximate surface area is 268 Å². The van der Waals surface area contributed by atoms with E-state index in [9.17, 15) is 44.7 Å². The second-order valence-corrected chi connectivity index (χ2v) is 11.8. The number of halogens is 8. The molecule has 4 aliphatic heterocycles. The predicted molar refractivity (Wildman–Crippen MR) is 149 cm³/mol. The predicted octanol–water partition coefficient (Wildman–Crippen LogP) is 3.67. The lowest BCUT2D eigenvalue weighted by molar-refractivity contribution is -0.350. The summed E-state index contributed by atoms with van der Waals surface area (Å²) in [6, 6.07) is 10.1. The maximum Gasteiger partial charge on any atom is 0.392 e. The Morgan fingerprint density at radius 2 is 0.854 bits per heavy atom. The topological polar surface area (TPSA) is 84.0 Å². The lowest BCUT2D eigenvalue weighted by Gasteiger charge is -2.41. The van der Waals surface area contributed by atoms with Gasteiger partial charge in [-0.3, -0.25) is 19.4 Å². The van der Waals surface area contributed by atoms with Gasteiger partial charge in [0.25, 0.3) is 11.8 Å². The summed E-state index contributed by atoms with van der Waals surface area (Å²) in [5.41, 5.74) is 1.46. The molecule has 2 aromatic rings. The van der Waals surface area contributed by atoms with E-state index in [1.54, 1.807) is 46.2 Å². The number of piperazine rings is 2. The zero-order valence-corrected chi connectivity index (χ0v) is 25.2. The first-order valence-electron chi connectivity index (χ1n) is 14.9. The van der Waals surface area contributed by atoms with Crippen molar-refractivity contribution in [3.63, 3.8) is 0 Å². The highest BCUT2D eigenvalue weighted by atomic mass is 19.4. The normalized spacial score (nSPS) is 19.2. The third-order valence-corrected chi connectivity index (χ3v) is 8.73. The van der Waals surface area contributed by atoms with Gasteiger partial charge in [-0.15, -0.1) is 0 Å². The van der Waals surface area contributed by atoms with Crippen LogP contribution in [0.15, 0.2) is 36.4 Å². The standard InChI is InChI=1S/C30H30F8N4O6/c31-27(32,25(43)41-9-5-39(6-10-41)15-19-1-3-21-23(13-19)47-17-45-21)29(35,36)30(37,38)28(33,34)26(44)42-11-7-40(8-12-42)16-20-2-4-22-24(14-20)48-18-46-22/h1-4,13-14H,5-12,15-18H2. The van der Waals surface area contributed by atoms with Crippen LogP contribution >= 0.6 is 0 Å². The van der Waals surface area contributed by atoms with Gasteiger partial charge in [0.15, 0.2) is 23.0 Å². The van der Waals surface area contributed by atoms with Crippen molar-refractivity contribution in [3.8, 4) is 23.0 Å². The summed E-state index contributed by atoms with van der Waals surface area (Å²) >= 11 is 0. The van der Waals surface area contributed by atoms with Gasteiger partial charge in [-0.1, -0.05) is 12.1 Å². The van der Waals surface area contributed by atoms with Gasteiger partial charge in [0.2, 0.25) is 13.6 Å². The fourth-order valence-electron chi connectivity index (χ4n) is 5.87. The maximum absolute atomic E-state index is 14.9. The second-order valence-electron chi connectivity index (χ2n) is 11.8. The van der Waals surface area contributed by atoms with E-state index in [0.717, 1.165) is 11.1 Å². The monoisotopic (exact) mass is 694 g/mol. The van der Waals surface area contributed by atoms with Crippen LogP contribution in [-0.2, 0) is 22.7 Å². The molecule has 2 aromatic carbocycles. The molecule has 0 N–H and O–H groups in total. The molecule has 2 amide bonds. The first-order chi connectivity index (χ1) is 22.6. The van der Waals surface area contributed by atoms with Crippen LogP contribution in [0.2, 0.25) is 0 Å². The van der Waals surface area contributed by atoms with E-state index >= 15 is 0 Å². The molecule has 0 saturated carbocycles. The SMILES string of the molecule is O=C(N1CCN(Cc2ccc3c(c2)OCO3)CC1)C(F)(F)C(F)(F)C(F)(F)C(F)(F)C(=O)N1CCN(Cc2ccc3c(c2)OCO3)CC1. The number of benzene rings is 2. The molecule has 18 heteroatoms. The van der Waals surface area contributed by atoms with Crippen molar-refractivity contribution < 1.29 is 63.7 Å². The smallest absolute Gasteiger partial charge is 0.392 e. The van der Waals surface area contributed by atoms with Crippen LogP contribution in [0.3, 0.4) is 0 Å². The summed E-state index contributed by atoms with van der Waals surface area (Å²) in [7, 11) is 0. The van der Waals surface area contributed by atoms with Crippen LogP contribution in [0.4, 0.5) is 35.1 Å². The average molecular weight is 695 g/mol. The molecule has 10 nitrogen and oxygen atoms in total. The molecule has 0 spiro atoms. The zero-order chi connectivity index (χ0) is 34.5. The number of hydrogen-bond acceptors (Lipinski definition) is 8. The van der Waals surface area contributed by atoms with Gasteiger partial charge >= 0.3 is 23.7 Å². The molecule has 4 aliphatic rings. The number of fused-ring (bicyclic) bond motifs is 2. The van der Waals surface area contributed by atoms with Crippen LogP contribution in [0.25, 0.3) is 0 Å². The summed E-state index contributed by atoms with van der Waals surface area (Å²) in [5.74, 6) is -29.8. The third kappa shape index (κ3) is 5.92. The second kappa shape index (κ2) is 12.4. The Kier molecular flexibility index (Phi) is 8.76. The molecule has 0 unspecified atom stereocenters. The minimum atomic E-state index is -6.92. The van der Waals surface area contributed by atoms with Crippen molar-refractivity contribution in [2.75, 3.05) is 65.9 Å². The Morgan fingerprint density at radius 1 is 0.521 bits per heavy atom. The van der Waals surface area contributed by atoms with E-state index < -0.39 is 61.7 Å². The van der Waals surface area contributed by atoms with Gasteiger partial charge in [0, 0.05) is 65.4 Å². The average Bonchev–Trinajstić information content (AvgIpc) is 3.73. The third-order valence-electron chi connectivity index (χ3n) is 8.73. The number of hydrogen-bond donors (Lipinski definition) is 0. The molecule has 262 valence electrons. The van der Waals surface area contributed by atoms with E-state index in [1.807, 2.05) is 0 Å². The molecule has 2 saturated heterocycles. The summed E-state index contributed by atoms with van der Waals surface area (Å²) in [6.45, 7) is -2.08. The minimum Gasteiger partial charge on any atom is -0.454 e. The van der Waals surface area contributed by atoms with Crippen molar-refractivity contribution in [1.82, 2.24) is 19.6 Å². The molecule has 0 aliphatic carbocycles. The zero-order valence-electron chi connectivity index (χ0n) is 25.2. The lowest BCUT2D eigenvalue weighted by atomic mass is 9.96. The fraction of sp³-hybridized carbons (Fsp3) is 0.533. The quantitative estimate of drug-likeness (QED) is 0.368. The van der Waals surface area contributed by atoms with E-state index in [0.29, 0.717) is 23.0 Å². The van der Waals surface area contributed by atoms with E-state index in [-0.39, 0.29) is 62.7 Å². The Hall–Kier alpha value is -4.06. The molecule has 48 heavy (non-hydrogen) atoms. The number of nitrogens with zero attached hydrogens (tertiary/aromatic N) is 4. The molecule has 0 atom stereocenters. The molecule has 0 radical (unpaired) electrons. The minimum absolute atomic E-state index is 0.0403. The van der Waals surface area contributed by atoms with E-state index in [1.165, 1.54) is 0 Å². The number of amides is 2. The first-order valence-corrected chi connectivity index (χ1v) is 14.9. The van der Waals surface area contributed by atoms with E-state index in [4.69, 9.17) is 18.9 Å². The first kappa shape index (κ1) is 33.8. The van der Waals surface area contributed by atoms with Gasteiger partial charge in [0.05, 0.1) is 0 Å². The molecule has 2 fully saturated rings. The Balaban J connectivity index is 1.05. The molecule has 4 heterocycles. The van der Waals surface area contributed by atoms with E-state index in [2.05, 4.69) is 0 Å². The lowest BCUT2D eigenvalue weighted by Crippen LogP contribution is -2.70. The number of alkyl halides is 8. The van der Waals surface area contributed by atoms with Crippen molar-refractivity contribution in [3.05, 3.63) is 47.5 Å². The van der Waals surface area contributed by atoms with Crippen LogP contribution in [0.1, 0.15) is 11.1 Å². The number of ether oxygens (including phenoxy) is 4. The highest BCUT2D eigenvalue weighted by Crippen LogP contribution is 2.53. The summed E-state index contributed by atoms with van der Waals surface area (Å²) < 4.78 is 140. The van der Waals surface area contributed by atoms with Crippen LogP contribution in [-0.4, -0.2) is 121 Å². The van der Waals surface area contributed by atoms with Crippen molar-refractivity contribution >= 4 is 11.8 Å². The highest BCUT2D eigenvalue weighted by Gasteiger charge is 2.85. The highest BCUT2D eigenvalue weighted by molar-refractivity contribution is 5.87. The number of carbonyl (C=O) groups excluding carboxylic acids is 2. The van der Waals surface area contributed by atoms with Gasteiger partial charge < -0.3 is 28.7 Å². The summed E-state index contributed by atoms with van der Waals surface area (Å²) in [5, 5.41) is 0. The largest absolute Gasteiger partial charge is 0.454 e.